The number of rotatable bonds is 6. The molecule has 0 saturated carbocycles. The number of nitrogens with zero attached hydrogens (tertiary/aromatic N) is 5. The van der Waals surface area contributed by atoms with Gasteiger partial charge in [0, 0.05) is 16.8 Å². The molecule has 1 N–H and O–H groups in total. The van der Waals surface area contributed by atoms with Crippen LogP contribution in [0, 0.1) is 6.92 Å². The Morgan fingerprint density at radius 2 is 2.06 bits per heavy atom. The lowest BCUT2D eigenvalue weighted by Gasteiger charge is -2.08. The van der Waals surface area contributed by atoms with Gasteiger partial charge in [0.25, 0.3) is 5.91 Å². The van der Waals surface area contributed by atoms with E-state index in [-0.39, 0.29) is 11.4 Å². The number of amides is 1. The summed E-state index contributed by atoms with van der Waals surface area (Å²) >= 11 is 4.44. The number of halogens is 3. The number of thiophene rings is 1. The predicted molar refractivity (Wildman–Crippen MR) is 113 cm³/mol. The Hall–Kier alpha value is -2.77. The molecule has 0 unspecified atom stereocenters. The highest BCUT2D eigenvalue weighted by Gasteiger charge is 2.30. The zero-order valence-corrected chi connectivity index (χ0v) is 18.2. The molecule has 160 valence electrons. The summed E-state index contributed by atoms with van der Waals surface area (Å²) in [5.41, 5.74) is -0.172. The minimum atomic E-state index is -4.47. The highest BCUT2D eigenvalue weighted by atomic mass is 32.2. The molecule has 4 aromatic rings. The molecule has 0 radical (unpaired) electrons. The molecule has 0 bridgehead atoms. The SMILES string of the molecule is Cc1c(C(=O)Nc2nnc(SCc3cccs3)s2)cnn1-c1ccc(C(F)(F)F)cn1. The van der Waals surface area contributed by atoms with Crippen LogP contribution in [0.3, 0.4) is 0 Å². The number of hydrogen-bond acceptors (Lipinski definition) is 8. The van der Waals surface area contributed by atoms with Crippen molar-refractivity contribution in [1.29, 1.82) is 0 Å². The van der Waals surface area contributed by atoms with Gasteiger partial charge in [0.15, 0.2) is 10.2 Å². The average molecular weight is 483 g/mol. The van der Waals surface area contributed by atoms with E-state index in [1.54, 1.807) is 18.3 Å². The summed E-state index contributed by atoms with van der Waals surface area (Å²) in [6, 6.07) is 6.13. The molecular formula is C18H13F3N6OS3. The molecule has 7 nitrogen and oxygen atoms in total. The topological polar surface area (TPSA) is 85.6 Å². The Kier molecular flexibility index (Phi) is 6.07. The van der Waals surface area contributed by atoms with E-state index in [9.17, 15) is 18.0 Å². The van der Waals surface area contributed by atoms with E-state index in [0.29, 0.717) is 10.8 Å². The average Bonchev–Trinajstić information content (AvgIpc) is 3.47. The Morgan fingerprint density at radius 1 is 1.23 bits per heavy atom. The van der Waals surface area contributed by atoms with Crippen LogP contribution in [0.25, 0.3) is 5.82 Å². The van der Waals surface area contributed by atoms with Gasteiger partial charge in [0.2, 0.25) is 5.13 Å². The quantitative estimate of drug-likeness (QED) is 0.306. The molecule has 0 saturated heterocycles. The van der Waals surface area contributed by atoms with Crippen LogP contribution in [-0.2, 0) is 11.9 Å². The zero-order chi connectivity index (χ0) is 22.0. The van der Waals surface area contributed by atoms with Crippen LogP contribution in [0.2, 0.25) is 0 Å². The number of carbonyl (C=O) groups excluding carboxylic acids is 1. The van der Waals surface area contributed by atoms with Gasteiger partial charge in [0.1, 0.15) is 0 Å². The molecular weight excluding hydrogens is 469 g/mol. The van der Waals surface area contributed by atoms with Crippen molar-refractivity contribution in [3.8, 4) is 5.82 Å². The van der Waals surface area contributed by atoms with Crippen LogP contribution in [0.15, 0.2) is 46.4 Å². The maximum absolute atomic E-state index is 12.7. The monoisotopic (exact) mass is 482 g/mol. The number of aromatic nitrogens is 5. The molecule has 4 heterocycles. The second-order valence-electron chi connectivity index (χ2n) is 6.15. The Bertz CT molecular complexity index is 1190. The lowest BCUT2D eigenvalue weighted by Crippen LogP contribution is -2.13. The first-order valence-corrected chi connectivity index (χ1v) is 11.4. The first-order valence-electron chi connectivity index (χ1n) is 8.69. The highest BCUT2D eigenvalue weighted by Crippen LogP contribution is 2.30. The molecule has 4 rings (SSSR count). The number of nitrogens with one attached hydrogen (secondary N) is 1. The maximum Gasteiger partial charge on any atom is 0.417 e. The Morgan fingerprint density at radius 3 is 2.74 bits per heavy atom. The van der Waals surface area contributed by atoms with Crippen molar-refractivity contribution < 1.29 is 18.0 Å². The van der Waals surface area contributed by atoms with E-state index in [1.807, 2.05) is 17.5 Å². The molecule has 0 spiro atoms. The van der Waals surface area contributed by atoms with Gasteiger partial charge >= 0.3 is 6.18 Å². The summed E-state index contributed by atoms with van der Waals surface area (Å²) in [6.07, 6.45) is -2.41. The van der Waals surface area contributed by atoms with E-state index in [4.69, 9.17) is 0 Å². The van der Waals surface area contributed by atoms with Gasteiger partial charge in [-0.05, 0) is 30.5 Å². The molecule has 0 aliphatic carbocycles. The summed E-state index contributed by atoms with van der Waals surface area (Å²) in [5.74, 6) is 0.501. The number of hydrogen-bond donors (Lipinski definition) is 1. The summed E-state index contributed by atoms with van der Waals surface area (Å²) in [4.78, 5) is 17.6. The molecule has 4 aromatic heterocycles. The van der Waals surface area contributed by atoms with Crippen molar-refractivity contribution in [3.63, 3.8) is 0 Å². The van der Waals surface area contributed by atoms with E-state index < -0.39 is 17.6 Å². The van der Waals surface area contributed by atoms with E-state index in [2.05, 4.69) is 25.6 Å². The molecule has 1 amide bonds. The molecule has 0 aliphatic heterocycles. The Balaban J connectivity index is 1.43. The fourth-order valence-corrected chi connectivity index (χ4v) is 5.07. The predicted octanol–water partition coefficient (Wildman–Crippen LogP) is 5.05. The third-order valence-electron chi connectivity index (χ3n) is 4.09. The zero-order valence-electron chi connectivity index (χ0n) is 15.8. The molecule has 13 heteroatoms. The standard InChI is InChI=1S/C18H13F3N6OS3/c1-10-13(8-23-27(10)14-5-4-11(7-22-14)18(19,20)21)15(28)24-16-25-26-17(31-16)30-9-12-3-2-6-29-12/h2-8H,9H2,1H3,(H,24,25,28). The normalized spacial score (nSPS) is 11.6. The minimum Gasteiger partial charge on any atom is -0.296 e. The summed E-state index contributed by atoms with van der Waals surface area (Å²) in [7, 11) is 0. The lowest BCUT2D eigenvalue weighted by atomic mass is 10.2. The molecule has 31 heavy (non-hydrogen) atoms. The van der Waals surface area contributed by atoms with Gasteiger partial charge < -0.3 is 0 Å². The molecule has 0 aromatic carbocycles. The van der Waals surface area contributed by atoms with Crippen molar-refractivity contribution in [3.05, 3.63) is 63.7 Å². The van der Waals surface area contributed by atoms with Crippen molar-refractivity contribution in [2.45, 2.75) is 23.2 Å². The van der Waals surface area contributed by atoms with Crippen LogP contribution < -0.4 is 5.32 Å². The van der Waals surface area contributed by atoms with E-state index >= 15 is 0 Å². The van der Waals surface area contributed by atoms with Crippen molar-refractivity contribution in [2.24, 2.45) is 0 Å². The largest absolute Gasteiger partial charge is 0.417 e. The van der Waals surface area contributed by atoms with E-state index in [0.717, 1.165) is 22.4 Å². The van der Waals surface area contributed by atoms with Crippen LogP contribution in [0.1, 0.15) is 26.5 Å². The van der Waals surface area contributed by atoms with Gasteiger partial charge in [-0.3, -0.25) is 10.1 Å². The smallest absolute Gasteiger partial charge is 0.296 e. The second-order valence-corrected chi connectivity index (χ2v) is 9.39. The fraction of sp³-hybridized carbons (Fsp3) is 0.167. The number of pyridine rings is 1. The lowest BCUT2D eigenvalue weighted by molar-refractivity contribution is -0.137. The summed E-state index contributed by atoms with van der Waals surface area (Å²) < 4.78 is 40.2. The highest BCUT2D eigenvalue weighted by molar-refractivity contribution is 8.00. The second kappa shape index (κ2) is 8.77. The van der Waals surface area contributed by atoms with Crippen LogP contribution in [0.4, 0.5) is 18.3 Å². The minimum absolute atomic E-state index is 0.174. The van der Waals surface area contributed by atoms with Crippen LogP contribution >= 0.6 is 34.4 Å². The number of thioether (sulfide) groups is 1. The fourth-order valence-electron chi connectivity index (χ4n) is 2.55. The third-order valence-corrected chi connectivity index (χ3v) is 7.17. The van der Waals surface area contributed by atoms with Crippen LogP contribution in [-0.4, -0.2) is 30.9 Å². The van der Waals surface area contributed by atoms with Gasteiger partial charge in [-0.2, -0.15) is 18.3 Å². The van der Waals surface area contributed by atoms with Crippen molar-refractivity contribution in [2.75, 3.05) is 5.32 Å². The van der Waals surface area contributed by atoms with Gasteiger partial charge in [-0.25, -0.2) is 9.67 Å². The Labute approximate surface area is 186 Å². The summed E-state index contributed by atoms with van der Waals surface area (Å²) in [5, 5.41) is 17.2. The van der Waals surface area contributed by atoms with Crippen LogP contribution in [0.5, 0.6) is 0 Å². The molecule has 0 atom stereocenters. The first kappa shape index (κ1) is 21.5. The maximum atomic E-state index is 12.7. The van der Waals surface area contributed by atoms with Crippen molar-refractivity contribution >= 4 is 45.5 Å². The molecule has 0 fully saturated rings. The van der Waals surface area contributed by atoms with E-state index in [1.165, 1.54) is 44.9 Å². The third kappa shape index (κ3) is 4.94. The van der Waals surface area contributed by atoms with Gasteiger partial charge in [0.05, 0.1) is 23.0 Å². The number of anilines is 1. The number of carbonyl (C=O) groups is 1. The van der Waals surface area contributed by atoms with Crippen molar-refractivity contribution in [1.82, 2.24) is 25.0 Å². The first-order chi connectivity index (χ1) is 14.8. The van der Waals surface area contributed by atoms with Gasteiger partial charge in [-0.15, -0.1) is 21.5 Å². The summed E-state index contributed by atoms with van der Waals surface area (Å²) in [6.45, 7) is 1.63. The van der Waals surface area contributed by atoms with Gasteiger partial charge in [-0.1, -0.05) is 29.2 Å². The molecule has 0 aliphatic rings. The number of alkyl halides is 3.